The van der Waals surface area contributed by atoms with E-state index in [1.807, 2.05) is 24.3 Å². The van der Waals surface area contributed by atoms with Crippen molar-refractivity contribution in [3.63, 3.8) is 0 Å². The summed E-state index contributed by atoms with van der Waals surface area (Å²) in [4.78, 5) is 26.1. The van der Waals surface area contributed by atoms with Crippen molar-refractivity contribution in [1.82, 2.24) is 0 Å². The molecule has 4 rings (SSSR count). The normalized spacial score (nSPS) is 16.3. The molecule has 0 radical (unpaired) electrons. The Morgan fingerprint density at radius 1 is 1.31 bits per heavy atom. The molecular formula is C20H19NO4S. The van der Waals surface area contributed by atoms with E-state index in [0.29, 0.717) is 22.1 Å². The number of anilines is 1. The van der Waals surface area contributed by atoms with Gasteiger partial charge in [0.25, 0.3) is 5.91 Å². The van der Waals surface area contributed by atoms with Crippen LogP contribution in [0.25, 0.3) is 11.0 Å². The zero-order valence-corrected chi connectivity index (χ0v) is 15.4. The number of amides is 1. The first-order valence-corrected chi connectivity index (χ1v) is 9.41. The predicted molar refractivity (Wildman–Crippen MR) is 101 cm³/mol. The van der Waals surface area contributed by atoms with E-state index in [0.717, 1.165) is 35.1 Å². The number of esters is 1. The third-order valence-corrected chi connectivity index (χ3v) is 5.95. The Bertz CT molecular complexity index is 968. The van der Waals surface area contributed by atoms with Crippen LogP contribution in [0.3, 0.4) is 0 Å². The van der Waals surface area contributed by atoms with Crippen molar-refractivity contribution in [2.75, 3.05) is 12.4 Å². The lowest BCUT2D eigenvalue weighted by Crippen LogP contribution is -2.15. The first-order valence-electron chi connectivity index (χ1n) is 8.59. The number of carbonyl (C=O) groups excluding carboxylic acids is 2. The third kappa shape index (κ3) is 2.90. The van der Waals surface area contributed by atoms with E-state index in [1.54, 1.807) is 6.07 Å². The number of rotatable bonds is 3. The monoisotopic (exact) mass is 369 g/mol. The highest BCUT2D eigenvalue weighted by Gasteiger charge is 2.29. The van der Waals surface area contributed by atoms with E-state index in [2.05, 4.69) is 12.2 Å². The molecule has 5 nitrogen and oxygen atoms in total. The van der Waals surface area contributed by atoms with E-state index < -0.39 is 5.97 Å². The van der Waals surface area contributed by atoms with Crippen LogP contribution >= 0.6 is 11.3 Å². The highest BCUT2D eigenvalue weighted by molar-refractivity contribution is 7.17. The molecule has 1 atom stereocenters. The lowest BCUT2D eigenvalue weighted by Gasteiger charge is -2.18. The fourth-order valence-electron chi connectivity index (χ4n) is 3.42. The standard InChI is InChI=1S/C20H19NO4S/c1-11-7-8-13-16(9-11)26-19(17(13)20(23)24-2)21-18(22)15-10-12-5-3-4-6-14(12)25-15/h3-6,10-11H,7-9H2,1-2H3,(H,21,22). The van der Waals surface area contributed by atoms with Crippen molar-refractivity contribution < 1.29 is 18.7 Å². The first-order chi connectivity index (χ1) is 12.6. The predicted octanol–water partition coefficient (Wildman–Crippen LogP) is 4.66. The maximum atomic E-state index is 12.7. The maximum Gasteiger partial charge on any atom is 0.341 e. The van der Waals surface area contributed by atoms with Crippen molar-refractivity contribution in [2.45, 2.75) is 26.2 Å². The minimum absolute atomic E-state index is 0.224. The van der Waals surface area contributed by atoms with Crippen molar-refractivity contribution in [1.29, 1.82) is 0 Å². The SMILES string of the molecule is COC(=O)c1c(NC(=O)c2cc3ccccc3o2)sc2c1CCC(C)C2. The molecule has 1 aliphatic rings. The van der Waals surface area contributed by atoms with Crippen LogP contribution in [0.15, 0.2) is 34.7 Å². The molecule has 1 aromatic carbocycles. The molecule has 2 heterocycles. The highest BCUT2D eigenvalue weighted by Crippen LogP contribution is 2.40. The lowest BCUT2D eigenvalue weighted by atomic mass is 9.88. The Balaban J connectivity index is 1.68. The minimum atomic E-state index is -0.406. The number of para-hydroxylation sites is 1. The van der Waals surface area contributed by atoms with Gasteiger partial charge in [0.2, 0.25) is 0 Å². The molecule has 1 N–H and O–H groups in total. The summed E-state index contributed by atoms with van der Waals surface area (Å²) in [7, 11) is 1.36. The summed E-state index contributed by atoms with van der Waals surface area (Å²) < 4.78 is 10.6. The van der Waals surface area contributed by atoms with E-state index >= 15 is 0 Å². The second-order valence-electron chi connectivity index (χ2n) is 6.65. The average molecular weight is 369 g/mol. The van der Waals surface area contributed by atoms with Gasteiger partial charge in [0.15, 0.2) is 5.76 Å². The van der Waals surface area contributed by atoms with Crippen LogP contribution in [-0.2, 0) is 17.6 Å². The summed E-state index contributed by atoms with van der Waals surface area (Å²) in [5.74, 6) is 0.0299. The quantitative estimate of drug-likeness (QED) is 0.682. The molecule has 3 aromatic rings. The van der Waals surface area contributed by atoms with Gasteiger partial charge in [-0.1, -0.05) is 25.1 Å². The Morgan fingerprint density at radius 3 is 2.88 bits per heavy atom. The maximum absolute atomic E-state index is 12.7. The van der Waals surface area contributed by atoms with Gasteiger partial charge >= 0.3 is 5.97 Å². The number of methoxy groups -OCH3 is 1. The van der Waals surface area contributed by atoms with E-state index in [1.165, 1.54) is 18.4 Å². The summed E-state index contributed by atoms with van der Waals surface area (Å²) in [5, 5.41) is 4.27. The minimum Gasteiger partial charge on any atom is -0.465 e. The fourth-order valence-corrected chi connectivity index (χ4v) is 4.81. The Morgan fingerprint density at radius 2 is 2.12 bits per heavy atom. The summed E-state index contributed by atoms with van der Waals surface area (Å²) >= 11 is 1.46. The number of fused-ring (bicyclic) bond motifs is 2. The Hall–Kier alpha value is -2.60. The topological polar surface area (TPSA) is 68.5 Å². The number of ether oxygens (including phenoxy) is 1. The average Bonchev–Trinajstić information content (AvgIpc) is 3.21. The number of hydrogen-bond acceptors (Lipinski definition) is 5. The number of carbonyl (C=O) groups is 2. The number of thiophene rings is 1. The van der Waals surface area contributed by atoms with Crippen molar-refractivity contribution in [3.8, 4) is 0 Å². The number of hydrogen-bond donors (Lipinski definition) is 1. The second-order valence-corrected chi connectivity index (χ2v) is 7.76. The van der Waals surface area contributed by atoms with Crippen molar-refractivity contribution in [3.05, 3.63) is 52.1 Å². The molecule has 134 valence electrons. The number of benzene rings is 1. The van der Waals surface area contributed by atoms with Gasteiger partial charge in [-0.25, -0.2) is 4.79 Å². The van der Waals surface area contributed by atoms with Crippen LogP contribution in [-0.4, -0.2) is 19.0 Å². The van der Waals surface area contributed by atoms with Gasteiger partial charge in [-0.15, -0.1) is 11.3 Å². The van der Waals surface area contributed by atoms with E-state index in [9.17, 15) is 9.59 Å². The van der Waals surface area contributed by atoms with Gasteiger partial charge in [-0.05, 0) is 42.9 Å². The van der Waals surface area contributed by atoms with Gasteiger partial charge in [0.1, 0.15) is 10.6 Å². The van der Waals surface area contributed by atoms with Crippen molar-refractivity contribution in [2.24, 2.45) is 5.92 Å². The molecule has 0 saturated carbocycles. The molecule has 0 fully saturated rings. The molecule has 0 spiro atoms. The third-order valence-electron chi connectivity index (χ3n) is 4.78. The summed E-state index contributed by atoms with van der Waals surface area (Å²) in [6.45, 7) is 2.20. The molecule has 2 aromatic heterocycles. The zero-order chi connectivity index (χ0) is 18.3. The molecule has 26 heavy (non-hydrogen) atoms. The van der Waals surface area contributed by atoms with Gasteiger partial charge in [0, 0.05) is 10.3 Å². The van der Waals surface area contributed by atoms with E-state index in [-0.39, 0.29) is 11.7 Å². The molecule has 0 saturated heterocycles. The molecule has 6 heteroatoms. The lowest BCUT2D eigenvalue weighted by molar-refractivity contribution is 0.0601. The zero-order valence-electron chi connectivity index (χ0n) is 14.6. The molecular weight excluding hydrogens is 350 g/mol. The molecule has 0 bridgehead atoms. The summed E-state index contributed by atoms with van der Waals surface area (Å²) in [6, 6.07) is 9.16. The van der Waals surface area contributed by atoms with Crippen LogP contribution in [0.2, 0.25) is 0 Å². The Labute approximate surface area is 155 Å². The van der Waals surface area contributed by atoms with Gasteiger partial charge in [0.05, 0.1) is 12.7 Å². The summed E-state index contributed by atoms with van der Waals surface area (Å²) in [6.07, 6.45) is 2.78. The number of furan rings is 1. The van der Waals surface area contributed by atoms with Crippen LogP contribution in [0.4, 0.5) is 5.00 Å². The van der Waals surface area contributed by atoms with Gasteiger partial charge in [-0.2, -0.15) is 0 Å². The smallest absolute Gasteiger partial charge is 0.341 e. The second kappa shape index (κ2) is 6.61. The highest BCUT2D eigenvalue weighted by atomic mass is 32.1. The Kier molecular flexibility index (Phi) is 4.28. The van der Waals surface area contributed by atoms with E-state index in [4.69, 9.17) is 9.15 Å². The largest absolute Gasteiger partial charge is 0.465 e. The first kappa shape index (κ1) is 16.8. The fraction of sp³-hybridized carbons (Fsp3) is 0.300. The van der Waals surface area contributed by atoms with Gasteiger partial charge < -0.3 is 14.5 Å². The molecule has 1 amide bonds. The van der Waals surface area contributed by atoms with Crippen LogP contribution in [0.1, 0.15) is 44.7 Å². The van der Waals surface area contributed by atoms with Crippen molar-refractivity contribution >= 4 is 39.2 Å². The van der Waals surface area contributed by atoms with Crippen LogP contribution < -0.4 is 5.32 Å². The molecule has 1 aliphatic carbocycles. The summed E-state index contributed by atoms with van der Waals surface area (Å²) in [5.41, 5.74) is 2.16. The van der Waals surface area contributed by atoms with Crippen LogP contribution in [0.5, 0.6) is 0 Å². The van der Waals surface area contributed by atoms with Crippen LogP contribution in [0, 0.1) is 5.92 Å². The van der Waals surface area contributed by atoms with Gasteiger partial charge in [-0.3, -0.25) is 4.79 Å². The number of nitrogens with one attached hydrogen (secondary N) is 1. The molecule has 0 aliphatic heterocycles. The molecule has 1 unspecified atom stereocenters.